The summed E-state index contributed by atoms with van der Waals surface area (Å²) < 4.78 is 5.20. The third-order valence-electron chi connectivity index (χ3n) is 3.79. The van der Waals surface area contributed by atoms with E-state index in [2.05, 4.69) is 0 Å². The summed E-state index contributed by atoms with van der Waals surface area (Å²) in [6, 6.07) is 0. The molecule has 1 saturated heterocycles. The van der Waals surface area contributed by atoms with Gasteiger partial charge in [0.2, 0.25) is 0 Å². The summed E-state index contributed by atoms with van der Waals surface area (Å²) >= 11 is 0. The predicted octanol–water partition coefficient (Wildman–Crippen LogP) is 2.60. The molecule has 19 heavy (non-hydrogen) atoms. The van der Waals surface area contributed by atoms with Crippen LogP contribution in [0.15, 0.2) is 0 Å². The average molecular weight is 271 g/mol. The van der Waals surface area contributed by atoms with Crippen LogP contribution >= 0.6 is 0 Å². The molecular formula is C14H25NO4. The first-order valence-corrected chi connectivity index (χ1v) is 6.90. The van der Waals surface area contributed by atoms with E-state index in [0.29, 0.717) is 25.6 Å². The SMILES string of the molecule is CC(C)COC(=O)N1CCCC(C(C)(C)C(=O)O)C1. The Morgan fingerprint density at radius 3 is 2.58 bits per heavy atom. The quantitative estimate of drug-likeness (QED) is 0.853. The van der Waals surface area contributed by atoms with Crippen LogP contribution in [0, 0.1) is 17.3 Å². The van der Waals surface area contributed by atoms with Crippen molar-refractivity contribution in [1.29, 1.82) is 0 Å². The fourth-order valence-corrected chi connectivity index (χ4v) is 2.24. The number of carbonyl (C=O) groups excluding carboxylic acids is 1. The first kappa shape index (κ1) is 15.8. The van der Waals surface area contributed by atoms with Crippen LogP contribution in [0.25, 0.3) is 0 Å². The van der Waals surface area contributed by atoms with Crippen molar-refractivity contribution in [3.05, 3.63) is 0 Å². The van der Waals surface area contributed by atoms with Gasteiger partial charge >= 0.3 is 12.1 Å². The fourth-order valence-electron chi connectivity index (χ4n) is 2.24. The predicted molar refractivity (Wildman–Crippen MR) is 71.9 cm³/mol. The van der Waals surface area contributed by atoms with Crippen molar-refractivity contribution in [3.8, 4) is 0 Å². The van der Waals surface area contributed by atoms with E-state index in [1.54, 1.807) is 18.7 Å². The van der Waals surface area contributed by atoms with Crippen LogP contribution in [-0.4, -0.2) is 41.8 Å². The fraction of sp³-hybridized carbons (Fsp3) is 0.857. The Hall–Kier alpha value is -1.26. The summed E-state index contributed by atoms with van der Waals surface area (Å²) in [5, 5.41) is 9.26. The second-order valence-corrected chi connectivity index (χ2v) is 6.28. The summed E-state index contributed by atoms with van der Waals surface area (Å²) in [6.45, 7) is 8.95. The number of likely N-dealkylation sites (tertiary alicyclic amines) is 1. The Labute approximate surface area is 114 Å². The van der Waals surface area contributed by atoms with Gasteiger partial charge in [-0.15, -0.1) is 0 Å². The Balaban J connectivity index is 2.59. The number of hydrogen-bond donors (Lipinski definition) is 1. The molecule has 1 N–H and O–H groups in total. The molecule has 0 aliphatic carbocycles. The van der Waals surface area contributed by atoms with Crippen LogP contribution in [0.5, 0.6) is 0 Å². The van der Waals surface area contributed by atoms with Crippen LogP contribution < -0.4 is 0 Å². The molecule has 0 bridgehead atoms. The van der Waals surface area contributed by atoms with Gasteiger partial charge in [0.05, 0.1) is 12.0 Å². The Kier molecular flexibility index (Phi) is 5.20. The van der Waals surface area contributed by atoms with E-state index in [1.165, 1.54) is 0 Å². The lowest BCUT2D eigenvalue weighted by molar-refractivity contribution is -0.151. The van der Waals surface area contributed by atoms with Gasteiger partial charge in [0.15, 0.2) is 0 Å². The van der Waals surface area contributed by atoms with Gasteiger partial charge in [0, 0.05) is 13.1 Å². The van der Waals surface area contributed by atoms with Gasteiger partial charge in [0.1, 0.15) is 0 Å². The molecule has 0 aromatic carbocycles. The maximum absolute atomic E-state index is 11.9. The molecular weight excluding hydrogens is 246 g/mol. The molecule has 5 heteroatoms. The van der Waals surface area contributed by atoms with Crippen molar-refractivity contribution in [3.63, 3.8) is 0 Å². The number of piperidine rings is 1. The molecule has 0 radical (unpaired) electrons. The molecule has 0 aromatic heterocycles. The van der Waals surface area contributed by atoms with Crippen molar-refractivity contribution in [2.45, 2.75) is 40.5 Å². The highest BCUT2D eigenvalue weighted by Gasteiger charge is 2.40. The molecule has 1 fully saturated rings. The van der Waals surface area contributed by atoms with Crippen LogP contribution in [0.2, 0.25) is 0 Å². The topological polar surface area (TPSA) is 66.8 Å². The molecule has 1 aliphatic heterocycles. The molecule has 0 saturated carbocycles. The summed E-state index contributed by atoms with van der Waals surface area (Å²) in [7, 11) is 0. The minimum absolute atomic E-state index is 0.0228. The molecule has 5 nitrogen and oxygen atoms in total. The molecule has 1 rings (SSSR count). The third kappa shape index (κ3) is 4.11. The zero-order valence-electron chi connectivity index (χ0n) is 12.3. The van der Waals surface area contributed by atoms with Gasteiger partial charge in [-0.05, 0) is 38.5 Å². The standard InChI is InChI=1S/C14H25NO4/c1-10(2)9-19-13(18)15-7-5-6-11(8-15)14(3,4)12(16)17/h10-11H,5-9H2,1-4H3,(H,16,17). The maximum Gasteiger partial charge on any atom is 0.409 e. The number of amides is 1. The normalized spacial score (nSPS) is 20.5. The first-order chi connectivity index (χ1) is 8.75. The lowest BCUT2D eigenvalue weighted by Crippen LogP contribution is -2.47. The minimum atomic E-state index is -0.810. The third-order valence-corrected chi connectivity index (χ3v) is 3.79. The van der Waals surface area contributed by atoms with E-state index in [-0.39, 0.29) is 12.0 Å². The van der Waals surface area contributed by atoms with E-state index in [4.69, 9.17) is 4.74 Å². The molecule has 1 atom stereocenters. The lowest BCUT2D eigenvalue weighted by atomic mass is 9.75. The van der Waals surface area contributed by atoms with Crippen LogP contribution in [0.3, 0.4) is 0 Å². The van der Waals surface area contributed by atoms with Crippen LogP contribution in [0.4, 0.5) is 4.79 Å². The van der Waals surface area contributed by atoms with Gasteiger partial charge in [-0.3, -0.25) is 4.79 Å². The van der Waals surface area contributed by atoms with Gasteiger partial charge in [0.25, 0.3) is 0 Å². The van der Waals surface area contributed by atoms with Gasteiger partial charge < -0.3 is 14.7 Å². The van der Waals surface area contributed by atoms with Gasteiger partial charge in [-0.1, -0.05) is 13.8 Å². The van der Waals surface area contributed by atoms with Crippen molar-refractivity contribution in [1.82, 2.24) is 4.90 Å². The smallest absolute Gasteiger partial charge is 0.409 e. The number of carboxylic acids is 1. The number of aliphatic carboxylic acids is 1. The monoisotopic (exact) mass is 271 g/mol. The number of carboxylic acid groups (broad SMARTS) is 1. The molecule has 1 heterocycles. The van der Waals surface area contributed by atoms with E-state index in [1.807, 2.05) is 13.8 Å². The second-order valence-electron chi connectivity index (χ2n) is 6.28. The highest BCUT2D eigenvalue weighted by Crippen LogP contribution is 2.34. The van der Waals surface area contributed by atoms with Crippen molar-refractivity contribution in [2.75, 3.05) is 19.7 Å². The number of carbonyl (C=O) groups is 2. The van der Waals surface area contributed by atoms with E-state index in [0.717, 1.165) is 12.8 Å². The molecule has 1 aliphatic rings. The van der Waals surface area contributed by atoms with Crippen molar-refractivity contribution < 1.29 is 19.4 Å². The zero-order valence-corrected chi connectivity index (χ0v) is 12.3. The number of ether oxygens (including phenoxy) is 1. The van der Waals surface area contributed by atoms with Gasteiger partial charge in [-0.2, -0.15) is 0 Å². The highest BCUT2D eigenvalue weighted by molar-refractivity contribution is 5.74. The summed E-state index contributed by atoms with van der Waals surface area (Å²) in [5.41, 5.74) is -0.809. The molecule has 1 amide bonds. The Bertz CT molecular complexity index is 338. The zero-order chi connectivity index (χ0) is 14.6. The number of hydrogen-bond acceptors (Lipinski definition) is 3. The molecule has 1 unspecified atom stereocenters. The average Bonchev–Trinajstić information content (AvgIpc) is 2.35. The largest absolute Gasteiger partial charge is 0.481 e. The van der Waals surface area contributed by atoms with Crippen LogP contribution in [-0.2, 0) is 9.53 Å². The Morgan fingerprint density at radius 2 is 2.05 bits per heavy atom. The maximum atomic E-state index is 11.9. The first-order valence-electron chi connectivity index (χ1n) is 6.90. The van der Waals surface area contributed by atoms with E-state index < -0.39 is 11.4 Å². The highest BCUT2D eigenvalue weighted by atomic mass is 16.6. The minimum Gasteiger partial charge on any atom is -0.481 e. The van der Waals surface area contributed by atoms with Crippen LogP contribution in [0.1, 0.15) is 40.5 Å². The molecule has 110 valence electrons. The molecule has 0 spiro atoms. The summed E-state index contributed by atoms with van der Waals surface area (Å²) in [4.78, 5) is 24.8. The second kappa shape index (κ2) is 6.26. The van der Waals surface area contributed by atoms with Gasteiger partial charge in [-0.25, -0.2) is 4.79 Å². The number of nitrogens with zero attached hydrogens (tertiary/aromatic N) is 1. The summed E-state index contributed by atoms with van der Waals surface area (Å²) in [6.07, 6.45) is 1.35. The number of rotatable bonds is 4. The van der Waals surface area contributed by atoms with Crippen molar-refractivity contribution >= 4 is 12.1 Å². The van der Waals surface area contributed by atoms with E-state index in [9.17, 15) is 14.7 Å². The summed E-state index contributed by atoms with van der Waals surface area (Å²) in [5.74, 6) is -0.528. The lowest BCUT2D eigenvalue weighted by Gasteiger charge is -2.38. The van der Waals surface area contributed by atoms with E-state index >= 15 is 0 Å². The van der Waals surface area contributed by atoms with Crippen molar-refractivity contribution in [2.24, 2.45) is 17.3 Å². The Morgan fingerprint density at radius 1 is 1.42 bits per heavy atom. The molecule has 0 aromatic rings.